The molecule has 8 heteroatoms. The lowest BCUT2D eigenvalue weighted by atomic mass is 9.96. The molecule has 1 fully saturated rings. The third-order valence-corrected chi connectivity index (χ3v) is 6.96. The number of carbonyl (C=O) groups excluding carboxylic acids is 1. The van der Waals surface area contributed by atoms with E-state index in [0.717, 1.165) is 11.3 Å². The van der Waals surface area contributed by atoms with Crippen LogP contribution in [0.3, 0.4) is 0 Å². The highest BCUT2D eigenvalue weighted by Crippen LogP contribution is 2.34. The summed E-state index contributed by atoms with van der Waals surface area (Å²) in [6.45, 7) is 0.985. The summed E-state index contributed by atoms with van der Waals surface area (Å²) in [4.78, 5) is 14.7. The Hall–Kier alpha value is -2.58. The van der Waals surface area contributed by atoms with Crippen LogP contribution in [0.4, 0.5) is 5.69 Å². The van der Waals surface area contributed by atoms with Crippen molar-refractivity contribution in [1.29, 1.82) is 0 Å². The van der Waals surface area contributed by atoms with Crippen molar-refractivity contribution in [2.75, 3.05) is 25.5 Å². The molecule has 0 saturated carbocycles. The van der Waals surface area contributed by atoms with Crippen molar-refractivity contribution in [3.63, 3.8) is 0 Å². The number of piperidine rings is 1. The minimum Gasteiger partial charge on any atom is -0.497 e. The first kappa shape index (κ1) is 18.8. The number of carbonyl (C=O) groups is 1. The van der Waals surface area contributed by atoms with E-state index in [1.807, 2.05) is 30.3 Å². The van der Waals surface area contributed by atoms with Gasteiger partial charge in [-0.1, -0.05) is 24.3 Å². The summed E-state index contributed by atoms with van der Waals surface area (Å²) in [6, 6.07) is 14.3. The van der Waals surface area contributed by atoms with Gasteiger partial charge in [0.05, 0.1) is 19.2 Å². The highest BCUT2D eigenvalue weighted by Gasteiger charge is 2.43. The first-order valence-electron chi connectivity index (χ1n) is 9.23. The molecule has 148 valence electrons. The second-order valence-corrected chi connectivity index (χ2v) is 8.87. The Balaban J connectivity index is 1.42. The van der Waals surface area contributed by atoms with Gasteiger partial charge in [-0.15, -0.1) is 0 Å². The standard InChI is InChI=1S/C20H23N3O4S/c1-27-16-8-6-15(7-9-16)14-19(24)23-12-10-20(11-13-23)21-17-4-2-3-5-18(17)28(25,26)22-20/h2-9,21-22H,10-14H2,1H3. The fourth-order valence-electron chi connectivity index (χ4n) is 3.79. The summed E-state index contributed by atoms with van der Waals surface area (Å²) >= 11 is 0. The predicted octanol–water partition coefficient (Wildman–Crippen LogP) is 1.96. The number of hydrogen-bond donors (Lipinski definition) is 2. The normalized spacial score (nSPS) is 19.5. The van der Waals surface area contributed by atoms with Crippen LogP contribution in [0.15, 0.2) is 53.4 Å². The van der Waals surface area contributed by atoms with Crippen molar-refractivity contribution < 1.29 is 17.9 Å². The van der Waals surface area contributed by atoms with Gasteiger partial charge in [0.25, 0.3) is 0 Å². The Bertz CT molecular complexity index is 981. The fraction of sp³-hybridized carbons (Fsp3) is 0.350. The number of rotatable bonds is 3. The maximum absolute atomic E-state index is 12.7. The first-order valence-corrected chi connectivity index (χ1v) is 10.7. The van der Waals surface area contributed by atoms with Gasteiger partial charge in [0.1, 0.15) is 16.3 Å². The van der Waals surface area contributed by atoms with E-state index in [0.29, 0.717) is 38.0 Å². The van der Waals surface area contributed by atoms with Crippen LogP contribution in [0.1, 0.15) is 18.4 Å². The topological polar surface area (TPSA) is 87.7 Å². The molecule has 1 saturated heterocycles. The van der Waals surface area contributed by atoms with Gasteiger partial charge in [-0.3, -0.25) is 4.79 Å². The van der Waals surface area contributed by atoms with Crippen LogP contribution < -0.4 is 14.8 Å². The smallest absolute Gasteiger partial charge is 0.244 e. The van der Waals surface area contributed by atoms with Gasteiger partial charge in [-0.25, -0.2) is 8.42 Å². The van der Waals surface area contributed by atoms with Crippen molar-refractivity contribution in [1.82, 2.24) is 9.62 Å². The molecule has 0 unspecified atom stereocenters. The molecule has 2 heterocycles. The molecule has 0 aromatic heterocycles. The lowest BCUT2D eigenvalue weighted by molar-refractivity contribution is -0.131. The zero-order valence-corrected chi connectivity index (χ0v) is 16.5. The van der Waals surface area contributed by atoms with Gasteiger partial charge in [-0.2, -0.15) is 4.72 Å². The molecular weight excluding hydrogens is 378 g/mol. The number of ether oxygens (including phenoxy) is 1. The summed E-state index contributed by atoms with van der Waals surface area (Å²) in [7, 11) is -1.96. The second-order valence-electron chi connectivity index (χ2n) is 7.21. The Morgan fingerprint density at radius 2 is 1.79 bits per heavy atom. The lowest BCUT2D eigenvalue weighted by Gasteiger charge is -2.45. The van der Waals surface area contributed by atoms with E-state index < -0.39 is 15.7 Å². The van der Waals surface area contributed by atoms with Gasteiger partial charge in [0.15, 0.2) is 0 Å². The van der Waals surface area contributed by atoms with E-state index in [-0.39, 0.29) is 10.8 Å². The van der Waals surface area contributed by atoms with Crippen molar-refractivity contribution in [2.45, 2.75) is 29.8 Å². The third kappa shape index (κ3) is 3.57. The van der Waals surface area contributed by atoms with E-state index in [1.165, 1.54) is 0 Å². The number of amides is 1. The molecule has 28 heavy (non-hydrogen) atoms. The molecule has 2 aromatic carbocycles. The number of likely N-dealkylation sites (tertiary alicyclic amines) is 1. The van der Waals surface area contributed by atoms with Crippen molar-refractivity contribution in [3.05, 3.63) is 54.1 Å². The number of nitrogens with one attached hydrogen (secondary N) is 2. The number of anilines is 1. The number of nitrogens with zero attached hydrogens (tertiary/aromatic N) is 1. The van der Waals surface area contributed by atoms with E-state index in [9.17, 15) is 13.2 Å². The number of fused-ring (bicyclic) bond motifs is 1. The predicted molar refractivity (Wildman–Crippen MR) is 106 cm³/mol. The Labute approximate surface area is 164 Å². The van der Waals surface area contributed by atoms with Gasteiger partial charge in [-0.05, 0) is 29.8 Å². The largest absolute Gasteiger partial charge is 0.497 e. The van der Waals surface area contributed by atoms with Crippen LogP contribution in [0.25, 0.3) is 0 Å². The van der Waals surface area contributed by atoms with Crippen LogP contribution in [0, 0.1) is 0 Å². The Morgan fingerprint density at radius 1 is 1.11 bits per heavy atom. The molecule has 0 aliphatic carbocycles. The maximum atomic E-state index is 12.7. The zero-order chi connectivity index (χ0) is 19.8. The third-order valence-electron chi connectivity index (χ3n) is 5.36. The van der Waals surface area contributed by atoms with E-state index in [2.05, 4.69) is 10.0 Å². The number of methoxy groups -OCH3 is 1. The van der Waals surface area contributed by atoms with Gasteiger partial charge in [0, 0.05) is 25.9 Å². The molecular formula is C20H23N3O4S. The van der Waals surface area contributed by atoms with Crippen molar-refractivity contribution in [2.24, 2.45) is 0 Å². The SMILES string of the molecule is COc1ccc(CC(=O)N2CCC3(CC2)Nc2ccccc2S(=O)(=O)N3)cc1. The molecule has 1 spiro atoms. The second kappa shape index (κ2) is 7.10. The highest BCUT2D eigenvalue weighted by molar-refractivity contribution is 7.89. The highest BCUT2D eigenvalue weighted by atomic mass is 32.2. The number of hydrogen-bond acceptors (Lipinski definition) is 5. The fourth-order valence-corrected chi connectivity index (χ4v) is 5.34. The molecule has 0 atom stereocenters. The summed E-state index contributed by atoms with van der Waals surface area (Å²) < 4.78 is 33.2. The van der Waals surface area contributed by atoms with Crippen LogP contribution in [0.5, 0.6) is 5.75 Å². The lowest BCUT2D eigenvalue weighted by Crippen LogP contribution is -2.62. The van der Waals surface area contributed by atoms with Crippen LogP contribution in [0.2, 0.25) is 0 Å². The van der Waals surface area contributed by atoms with Gasteiger partial charge >= 0.3 is 0 Å². The van der Waals surface area contributed by atoms with Crippen LogP contribution >= 0.6 is 0 Å². The Kier molecular flexibility index (Phi) is 4.76. The summed E-state index contributed by atoms with van der Waals surface area (Å²) in [5.74, 6) is 0.797. The van der Waals surface area contributed by atoms with Gasteiger partial charge < -0.3 is 15.0 Å². The molecule has 0 radical (unpaired) electrons. The van der Waals surface area contributed by atoms with E-state index >= 15 is 0 Å². The monoisotopic (exact) mass is 401 g/mol. The molecule has 2 aliphatic rings. The van der Waals surface area contributed by atoms with E-state index in [4.69, 9.17) is 4.74 Å². The zero-order valence-electron chi connectivity index (χ0n) is 15.6. The van der Waals surface area contributed by atoms with Gasteiger partial charge in [0.2, 0.25) is 15.9 Å². The number of benzene rings is 2. The summed E-state index contributed by atoms with van der Waals surface area (Å²) in [6.07, 6.45) is 1.34. The minimum absolute atomic E-state index is 0.0408. The molecule has 2 N–H and O–H groups in total. The molecule has 0 bridgehead atoms. The average molecular weight is 401 g/mol. The van der Waals surface area contributed by atoms with Crippen LogP contribution in [-0.4, -0.2) is 45.1 Å². The quantitative estimate of drug-likeness (QED) is 0.821. The van der Waals surface area contributed by atoms with E-state index in [1.54, 1.807) is 30.2 Å². The molecule has 2 aromatic rings. The molecule has 1 amide bonds. The molecule has 2 aliphatic heterocycles. The van der Waals surface area contributed by atoms with Crippen molar-refractivity contribution >= 4 is 21.6 Å². The number of sulfonamides is 1. The first-order chi connectivity index (χ1) is 13.4. The Morgan fingerprint density at radius 3 is 2.46 bits per heavy atom. The minimum atomic E-state index is -3.57. The van der Waals surface area contributed by atoms with Crippen LogP contribution in [-0.2, 0) is 21.2 Å². The average Bonchev–Trinajstić information content (AvgIpc) is 2.68. The maximum Gasteiger partial charge on any atom is 0.244 e. The molecule has 4 rings (SSSR count). The summed E-state index contributed by atoms with van der Waals surface area (Å²) in [5, 5.41) is 3.35. The number of para-hydroxylation sites is 1. The van der Waals surface area contributed by atoms with Crippen molar-refractivity contribution in [3.8, 4) is 5.75 Å². The summed E-state index contributed by atoms with van der Waals surface area (Å²) in [5.41, 5.74) is 0.792. The molecule has 7 nitrogen and oxygen atoms in total.